The Hall–Kier alpha value is -1.35. The molecule has 1 aliphatic rings. The van der Waals surface area contributed by atoms with Crippen molar-refractivity contribution in [2.45, 2.75) is 39.7 Å². The molecule has 0 spiro atoms. The summed E-state index contributed by atoms with van der Waals surface area (Å²) in [5.74, 6) is 0.555. The Labute approximate surface area is 109 Å². The first-order valence-electron chi connectivity index (χ1n) is 6.72. The van der Waals surface area contributed by atoms with Crippen LogP contribution in [0.15, 0.2) is 18.2 Å². The van der Waals surface area contributed by atoms with Crippen molar-refractivity contribution in [1.82, 2.24) is 0 Å². The van der Waals surface area contributed by atoms with E-state index in [9.17, 15) is 4.79 Å². The number of rotatable bonds is 4. The van der Waals surface area contributed by atoms with Gasteiger partial charge in [0.1, 0.15) is 6.04 Å². The summed E-state index contributed by atoms with van der Waals surface area (Å²) in [6.45, 7) is 7.19. The molecule has 0 saturated carbocycles. The Balaban J connectivity index is 2.30. The second-order valence-corrected chi connectivity index (χ2v) is 5.33. The highest BCUT2D eigenvalue weighted by atomic mass is 16.2. The van der Waals surface area contributed by atoms with E-state index in [1.807, 2.05) is 30.0 Å². The lowest BCUT2D eigenvalue weighted by Crippen LogP contribution is -2.35. The maximum atomic E-state index is 12.3. The molecule has 2 rings (SSSR count). The average Bonchev–Trinajstić information content (AvgIpc) is 2.56. The van der Waals surface area contributed by atoms with E-state index in [0.717, 1.165) is 36.2 Å². The van der Waals surface area contributed by atoms with Gasteiger partial charge in [0.2, 0.25) is 5.91 Å². The number of hydrogen-bond donors (Lipinski definition) is 1. The summed E-state index contributed by atoms with van der Waals surface area (Å²) in [4.78, 5) is 14.1. The van der Waals surface area contributed by atoms with Crippen molar-refractivity contribution in [3.05, 3.63) is 29.3 Å². The van der Waals surface area contributed by atoms with E-state index in [4.69, 9.17) is 5.73 Å². The van der Waals surface area contributed by atoms with E-state index in [1.54, 1.807) is 0 Å². The fourth-order valence-corrected chi connectivity index (χ4v) is 2.79. The standard InChI is InChI=1S/C15H22N2O/c1-4-6-10(2)9-17-14-11(3)7-5-8-12(14)13(16)15(17)18/h5,7-8,10,13H,4,6,9,16H2,1-3H3. The monoisotopic (exact) mass is 246 g/mol. The summed E-state index contributed by atoms with van der Waals surface area (Å²) < 4.78 is 0. The van der Waals surface area contributed by atoms with Gasteiger partial charge >= 0.3 is 0 Å². The lowest BCUT2D eigenvalue weighted by Gasteiger charge is -2.23. The smallest absolute Gasteiger partial charge is 0.248 e. The summed E-state index contributed by atoms with van der Waals surface area (Å²) in [5.41, 5.74) is 9.16. The highest BCUT2D eigenvalue weighted by Crippen LogP contribution is 2.37. The molecule has 2 unspecified atom stereocenters. The van der Waals surface area contributed by atoms with E-state index in [2.05, 4.69) is 13.8 Å². The topological polar surface area (TPSA) is 46.3 Å². The molecule has 0 aliphatic carbocycles. The molecule has 18 heavy (non-hydrogen) atoms. The van der Waals surface area contributed by atoms with Crippen LogP contribution in [0, 0.1) is 12.8 Å². The minimum Gasteiger partial charge on any atom is -0.316 e. The van der Waals surface area contributed by atoms with Gasteiger partial charge in [0.25, 0.3) is 0 Å². The van der Waals surface area contributed by atoms with Gasteiger partial charge in [0.05, 0.1) is 5.69 Å². The van der Waals surface area contributed by atoms with Crippen LogP contribution in [0.3, 0.4) is 0 Å². The van der Waals surface area contributed by atoms with Crippen LogP contribution >= 0.6 is 0 Å². The van der Waals surface area contributed by atoms with Crippen LogP contribution in [-0.2, 0) is 4.79 Å². The molecule has 1 aromatic rings. The fraction of sp³-hybridized carbons (Fsp3) is 0.533. The van der Waals surface area contributed by atoms with Crippen LogP contribution in [0.5, 0.6) is 0 Å². The van der Waals surface area contributed by atoms with Crippen molar-refractivity contribution >= 4 is 11.6 Å². The van der Waals surface area contributed by atoms with Crippen molar-refractivity contribution in [2.24, 2.45) is 11.7 Å². The van der Waals surface area contributed by atoms with Gasteiger partial charge in [-0.1, -0.05) is 38.5 Å². The number of para-hydroxylation sites is 1. The second-order valence-electron chi connectivity index (χ2n) is 5.33. The van der Waals surface area contributed by atoms with Crippen molar-refractivity contribution in [3.63, 3.8) is 0 Å². The predicted molar refractivity (Wildman–Crippen MR) is 74.5 cm³/mol. The first-order valence-corrected chi connectivity index (χ1v) is 6.72. The molecule has 0 saturated heterocycles. The van der Waals surface area contributed by atoms with Crippen molar-refractivity contribution in [3.8, 4) is 0 Å². The SMILES string of the molecule is CCCC(C)CN1C(=O)C(N)c2cccc(C)c21. The molecule has 0 aromatic heterocycles. The van der Waals surface area contributed by atoms with Gasteiger partial charge in [-0.3, -0.25) is 4.79 Å². The van der Waals surface area contributed by atoms with Crippen molar-refractivity contribution in [2.75, 3.05) is 11.4 Å². The molecule has 1 amide bonds. The Bertz CT molecular complexity index is 456. The Kier molecular flexibility index (Phi) is 3.71. The fourth-order valence-electron chi connectivity index (χ4n) is 2.79. The zero-order valence-corrected chi connectivity index (χ0v) is 11.4. The van der Waals surface area contributed by atoms with Crippen LogP contribution in [0.2, 0.25) is 0 Å². The summed E-state index contributed by atoms with van der Waals surface area (Å²) in [7, 11) is 0. The maximum Gasteiger partial charge on any atom is 0.248 e. The van der Waals surface area contributed by atoms with Gasteiger partial charge in [-0.25, -0.2) is 0 Å². The van der Waals surface area contributed by atoms with Crippen LogP contribution in [-0.4, -0.2) is 12.5 Å². The third-order valence-corrected chi connectivity index (χ3v) is 3.68. The van der Waals surface area contributed by atoms with Gasteiger partial charge in [-0.15, -0.1) is 0 Å². The number of hydrogen-bond acceptors (Lipinski definition) is 2. The zero-order valence-electron chi connectivity index (χ0n) is 11.4. The lowest BCUT2D eigenvalue weighted by atomic mass is 10.0. The second kappa shape index (κ2) is 5.11. The first-order chi connectivity index (χ1) is 8.56. The number of aryl methyl sites for hydroxylation is 1. The number of nitrogens with two attached hydrogens (primary N) is 1. The predicted octanol–water partition coefficient (Wildman–Crippen LogP) is 2.78. The number of nitrogens with zero attached hydrogens (tertiary/aromatic N) is 1. The molecule has 1 heterocycles. The molecule has 2 atom stereocenters. The van der Waals surface area contributed by atoms with Gasteiger partial charge in [-0.2, -0.15) is 0 Å². The number of carbonyl (C=O) groups excluding carboxylic acids is 1. The van der Waals surface area contributed by atoms with Crippen molar-refractivity contribution in [1.29, 1.82) is 0 Å². The number of carbonyl (C=O) groups is 1. The molecule has 2 N–H and O–H groups in total. The normalized spacial score (nSPS) is 20.1. The van der Waals surface area contributed by atoms with Crippen LogP contribution in [0.4, 0.5) is 5.69 Å². The van der Waals surface area contributed by atoms with Gasteiger partial charge in [0, 0.05) is 12.1 Å². The summed E-state index contributed by atoms with van der Waals surface area (Å²) in [6, 6.07) is 5.51. The van der Waals surface area contributed by atoms with Crippen LogP contribution < -0.4 is 10.6 Å². The summed E-state index contributed by atoms with van der Waals surface area (Å²) >= 11 is 0. The minimum atomic E-state index is -0.478. The number of anilines is 1. The van der Waals surface area contributed by atoms with Crippen LogP contribution in [0.25, 0.3) is 0 Å². The third kappa shape index (κ3) is 2.15. The quantitative estimate of drug-likeness (QED) is 0.888. The maximum absolute atomic E-state index is 12.3. The third-order valence-electron chi connectivity index (χ3n) is 3.68. The van der Waals surface area contributed by atoms with E-state index >= 15 is 0 Å². The molecule has 3 heteroatoms. The molecule has 0 radical (unpaired) electrons. The largest absolute Gasteiger partial charge is 0.316 e. The highest BCUT2D eigenvalue weighted by molar-refractivity contribution is 6.05. The van der Waals surface area contributed by atoms with Crippen LogP contribution in [0.1, 0.15) is 43.9 Å². The molecular weight excluding hydrogens is 224 g/mol. The molecule has 0 fully saturated rings. The Morgan fingerprint density at radius 2 is 2.17 bits per heavy atom. The summed E-state index contributed by atoms with van der Waals surface area (Å²) in [5, 5.41) is 0. The molecule has 1 aliphatic heterocycles. The zero-order chi connectivity index (χ0) is 13.3. The van der Waals surface area contributed by atoms with E-state index in [0.29, 0.717) is 5.92 Å². The first kappa shape index (κ1) is 13.1. The molecule has 98 valence electrons. The highest BCUT2D eigenvalue weighted by Gasteiger charge is 2.35. The van der Waals surface area contributed by atoms with E-state index < -0.39 is 6.04 Å². The van der Waals surface area contributed by atoms with E-state index in [1.165, 1.54) is 0 Å². The van der Waals surface area contributed by atoms with Gasteiger partial charge < -0.3 is 10.6 Å². The molecule has 3 nitrogen and oxygen atoms in total. The van der Waals surface area contributed by atoms with E-state index in [-0.39, 0.29) is 5.91 Å². The minimum absolute atomic E-state index is 0.0438. The molecular formula is C15H22N2O. The molecule has 1 aromatic carbocycles. The Morgan fingerprint density at radius 1 is 1.44 bits per heavy atom. The lowest BCUT2D eigenvalue weighted by molar-refractivity contribution is -0.119. The molecule has 0 bridgehead atoms. The summed E-state index contributed by atoms with van der Waals surface area (Å²) in [6.07, 6.45) is 2.29. The number of fused-ring (bicyclic) bond motifs is 1. The Morgan fingerprint density at radius 3 is 2.83 bits per heavy atom. The van der Waals surface area contributed by atoms with Gasteiger partial charge in [-0.05, 0) is 24.8 Å². The number of benzene rings is 1. The van der Waals surface area contributed by atoms with Crippen molar-refractivity contribution < 1.29 is 4.79 Å². The van der Waals surface area contributed by atoms with Gasteiger partial charge in [0.15, 0.2) is 0 Å². The average molecular weight is 246 g/mol. The number of amides is 1.